The van der Waals surface area contributed by atoms with Crippen LogP contribution in [0.5, 0.6) is 0 Å². The molecule has 1 saturated heterocycles. The van der Waals surface area contributed by atoms with Gasteiger partial charge >= 0.3 is 0 Å². The van der Waals surface area contributed by atoms with Crippen molar-refractivity contribution in [1.82, 2.24) is 9.80 Å². The van der Waals surface area contributed by atoms with Crippen LogP contribution in [0.4, 0.5) is 5.69 Å². The normalized spacial score (nSPS) is 16.0. The van der Waals surface area contributed by atoms with Crippen molar-refractivity contribution in [1.29, 1.82) is 0 Å². The number of non-ortho nitro benzene ring substituents is 1. The Bertz CT molecular complexity index is 690. The molecular weight excluding hydrogens is 314 g/mol. The molecule has 0 aliphatic carbocycles. The number of rotatable bonds is 6. The molecular formula is C20H25N3O2. The van der Waals surface area contributed by atoms with Crippen molar-refractivity contribution in [3.63, 3.8) is 0 Å². The van der Waals surface area contributed by atoms with E-state index in [-0.39, 0.29) is 10.6 Å². The Labute approximate surface area is 149 Å². The highest BCUT2D eigenvalue weighted by atomic mass is 16.6. The Kier molecular flexibility index (Phi) is 5.79. The van der Waals surface area contributed by atoms with Crippen molar-refractivity contribution in [3.05, 3.63) is 64.2 Å². The summed E-state index contributed by atoms with van der Waals surface area (Å²) >= 11 is 0. The fraction of sp³-hybridized carbons (Fsp3) is 0.400. The molecule has 0 saturated carbocycles. The molecule has 0 aromatic heterocycles. The van der Waals surface area contributed by atoms with E-state index in [0.717, 1.165) is 24.1 Å². The fourth-order valence-corrected chi connectivity index (χ4v) is 3.22. The summed E-state index contributed by atoms with van der Waals surface area (Å²) in [5.74, 6) is 0. The van der Waals surface area contributed by atoms with Gasteiger partial charge in [-0.25, -0.2) is 0 Å². The number of piperazine rings is 1. The lowest BCUT2D eigenvalue weighted by Crippen LogP contribution is -2.44. The first-order chi connectivity index (χ1) is 12.1. The molecule has 5 heteroatoms. The van der Waals surface area contributed by atoms with Gasteiger partial charge in [0.2, 0.25) is 0 Å². The minimum absolute atomic E-state index is 0.129. The first kappa shape index (κ1) is 17.6. The number of benzene rings is 2. The molecule has 0 N–H and O–H groups in total. The van der Waals surface area contributed by atoms with Crippen molar-refractivity contribution in [3.8, 4) is 11.1 Å². The Morgan fingerprint density at radius 2 is 1.48 bits per heavy atom. The molecule has 0 bridgehead atoms. The first-order valence-electron chi connectivity index (χ1n) is 8.86. The minimum atomic E-state index is -0.368. The van der Waals surface area contributed by atoms with E-state index in [0.29, 0.717) is 0 Å². The number of hydrogen-bond acceptors (Lipinski definition) is 4. The number of nitro groups is 1. The molecule has 2 aromatic rings. The molecule has 0 atom stereocenters. The van der Waals surface area contributed by atoms with Gasteiger partial charge in [-0.05, 0) is 55.3 Å². The lowest BCUT2D eigenvalue weighted by molar-refractivity contribution is -0.384. The van der Waals surface area contributed by atoms with E-state index in [9.17, 15) is 10.1 Å². The smallest absolute Gasteiger partial charge is 0.269 e. The van der Waals surface area contributed by atoms with Crippen molar-refractivity contribution >= 4 is 5.69 Å². The van der Waals surface area contributed by atoms with Gasteiger partial charge < -0.3 is 9.80 Å². The average molecular weight is 339 g/mol. The maximum atomic E-state index is 10.7. The number of nitrogens with zero attached hydrogens (tertiary/aromatic N) is 3. The van der Waals surface area contributed by atoms with Crippen LogP contribution in [0.1, 0.15) is 12.0 Å². The quantitative estimate of drug-likeness (QED) is 0.597. The van der Waals surface area contributed by atoms with Gasteiger partial charge in [0.05, 0.1) is 4.92 Å². The monoisotopic (exact) mass is 339 g/mol. The van der Waals surface area contributed by atoms with Gasteiger partial charge in [0.25, 0.3) is 5.69 Å². The number of aryl methyl sites for hydroxylation is 1. The molecule has 3 rings (SSSR count). The van der Waals surface area contributed by atoms with Crippen LogP contribution in [0.3, 0.4) is 0 Å². The van der Waals surface area contributed by atoms with Crippen LogP contribution in [0, 0.1) is 10.1 Å². The van der Waals surface area contributed by atoms with Crippen molar-refractivity contribution in [2.75, 3.05) is 39.8 Å². The SMILES string of the molecule is CN1CCN(CCCc2ccc(-c3ccc([N+](=O)[O-])cc3)cc2)CC1. The molecule has 1 fully saturated rings. The van der Waals surface area contributed by atoms with E-state index in [2.05, 4.69) is 41.1 Å². The van der Waals surface area contributed by atoms with Gasteiger partial charge in [0.1, 0.15) is 0 Å². The number of hydrogen-bond donors (Lipinski definition) is 0. The van der Waals surface area contributed by atoms with E-state index < -0.39 is 0 Å². The molecule has 5 nitrogen and oxygen atoms in total. The summed E-state index contributed by atoms with van der Waals surface area (Å²) in [5.41, 5.74) is 3.58. The van der Waals surface area contributed by atoms with E-state index in [1.807, 2.05) is 0 Å². The van der Waals surface area contributed by atoms with Gasteiger partial charge in [-0.2, -0.15) is 0 Å². The van der Waals surface area contributed by atoms with Crippen molar-refractivity contribution < 1.29 is 4.92 Å². The van der Waals surface area contributed by atoms with Crippen molar-refractivity contribution in [2.24, 2.45) is 0 Å². The van der Waals surface area contributed by atoms with Crippen LogP contribution in [0.15, 0.2) is 48.5 Å². The van der Waals surface area contributed by atoms with Crippen LogP contribution < -0.4 is 0 Å². The van der Waals surface area contributed by atoms with Gasteiger partial charge in [0.15, 0.2) is 0 Å². The van der Waals surface area contributed by atoms with Crippen LogP contribution in [0.2, 0.25) is 0 Å². The second-order valence-corrected chi connectivity index (χ2v) is 6.75. The maximum absolute atomic E-state index is 10.7. The van der Waals surface area contributed by atoms with E-state index in [4.69, 9.17) is 0 Å². The first-order valence-corrected chi connectivity index (χ1v) is 8.86. The van der Waals surface area contributed by atoms with Crippen LogP contribution in [0.25, 0.3) is 11.1 Å². The van der Waals surface area contributed by atoms with Gasteiger partial charge in [0, 0.05) is 38.3 Å². The van der Waals surface area contributed by atoms with Crippen LogP contribution in [-0.4, -0.2) is 54.5 Å². The largest absolute Gasteiger partial charge is 0.304 e. The molecule has 1 heterocycles. The predicted octanol–water partition coefficient (Wildman–Crippen LogP) is 3.44. The number of nitro benzene ring substituents is 1. The number of likely N-dealkylation sites (N-methyl/N-ethyl adjacent to an activating group) is 1. The molecule has 0 spiro atoms. The Morgan fingerprint density at radius 1 is 0.920 bits per heavy atom. The highest BCUT2D eigenvalue weighted by molar-refractivity contribution is 5.65. The molecule has 0 amide bonds. The summed E-state index contributed by atoms with van der Waals surface area (Å²) in [4.78, 5) is 15.3. The zero-order chi connectivity index (χ0) is 17.6. The third-order valence-electron chi connectivity index (χ3n) is 4.90. The standard InChI is InChI=1S/C20H25N3O2/c1-21-13-15-22(16-14-21)12-2-3-17-4-6-18(7-5-17)19-8-10-20(11-9-19)23(24)25/h4-11H,2-3,12-16H2,1H3. The summed E-state index contributed by atoms with van der Waals surface area (Å²) in [5, 5.41) is 10.7. The second-order valence-electron chi connectivity index (χ2n) is 6.75. The topological polar surface area (TPSA) is 49.6 Å². The lowest BCUT2D eigenvalue weighted by Gasteiger charge is -2.32. The molecule has 1 aliphatic rings. The lowest BCUT2D eigenvalue weighted by atomic mass is 10.0. The van der Waals surface area contributed by atoms with E-state index >= 15 is 0 Å². The Hall–Kier alpha value is -2.24. The molecule has 0 radical (unpaired) electrons. The third kappa shape index (κ3) is 4.87. The highest BCUT2D eigenvalue weighted by Gasteiger charge is 2.12. The second kappa shape index (κ2) is 8.23. The zero-order valence-electron chi connectivity index (χ0n) is 14.7. The van der Waals surface area contributed by atoms with Gasteiger partial charge in [-0.1, -0.05) is 24.3 Å². The third-order valence-corrected chi connectivity index (χ3v) is 4.90. The molecule has 25 heavy (non-hydrogen) atoms. The Morgan fingerprint density at radius 3 is 2.04 bits per heavy atom. The maximum Gasteiger partial charge on any atom is 0.269 e. The van der Waals surface area contributed by atoms with Crippen LogP contribution >= 0.6 is 0 Å². The summed E-state index contributed by atoms with van der Waals surface area (Å²) in [7, 11) is 2.18. The summed E-state index contributed by atoms with van der Waals surface area (Å²) in [6.45, 7) is 5.86. The summed E-state index contributed by atoms with van der Waals surface area (Å²) < 4.78 is 0. The van der Waals surface area contributed by atoms with E-state index in [1.54, 1.807) is 24.3 Å². The highest BCUT2D eigenvalue weighted by Crippen LogP contribution is 2.23. The predicted molar refractivity (Wildman–Crippen MR) is 101 cm³/mol. The fourth-order valence-electron chi connectivity index (χ4n) is 3.22. The van der Waals surface area contributed by atoms with Crippen LogP contribution in [-0.2, 0) is 6.42 Å². The summed E-state index contributed by atoms with van der Waals surface area (Å²) in [6.07, 6.45) is 2.27. The van der Waals surface area contributed by atoms with E-state index in [1.165, 1.54) is 38.2 Å². The molecule has 2 aromatic carbocycles. The molecule has 0 unspecified atom stereocenters. The summed E-state index contributed by atoms with van der Waals surface area (Å²) in [6, 6.07) is 15.3. The molecule has 132 valence electrons. The van der Waals surface area contributed by atoms with Gasteiger partial charge in [-0.3, -0.25) is 10.1 Å². The van der Waals surface area contributed by atoms with Gasteiger partial charge in [-0.15, -0.1) is 0 Å². The molecule has 1 aliphatic heterocycles. The zero-order valence-corrected chi connectivity index (χ0v) is 14.7. The minimum Gasteiger partial charge on any atom is -0.304 e. The Balaban J connectivity index is 1.51. The van der Waals surface area contributed by atoms with Crippen molar-refractivity contribution in [2.45, 2.75) is 12.8 Å². The average Bonchev–Trinajstić information content (AvgIpc) is 2.64.